The van der Waals surface area contributed by atoms with Gasteiger partial charge in [0.1, 0.15) is 0 Å². The first kappa shape index (κ1) is 17.8. The summed E-state index contributed by atoms with van der Waals surface area (Å²) in [5.41, 5.74) is 3.81. The lowest BCUT2D eigenvalue weighted by molar-refractivity contribution is 0.0996. The first-order valence-electron chi connectivity index (χ1n) is 8.54. The summed E-state index contributed by atoms with van der Waals surface area (Å²) >= 11 is 0. The fourth-order valence-electron chi connectivity index (χ4n) is 3.29. The highest BCUT2D eigenvalue weighted by Crippen LogP contribution is 2.34. The predicted molar refractivity (Wildman–Crippen MR) is 100 cm³/mol. The first-order chi connectivity index (χ1) is 13.5. The van der Waals surface area contributed by atoms with E-state index in [1.165, 1.54) is 31.4 Å². The Balaban J connectivity index is 1.74. The molecule has 1 aliphatic heterocycles. The number of amides is 1. The van der Waals surface area contributed by atoms with Gasteiger partial charge in [0.05, 0.1) is 43.4 Å². The molecule has 28 heavy (non-hydrogen) atoms. The molecule has 0 saturated carbocycles. The number of carbonyl (C=O) groups excluding carboxylic acids is 1. The van der Waals surface area contributed by atoms with Gasteiger partial charge in [-0.05, 0) is 30.7 Å². The molecule has 0 radical (unpaired) electrons. The SMILES string of the molecule is COc1cc(-c2cc(C)c3c(n2)CN(c2ccnc(F)c2)C3=O)cnc1OC. The van der Waals surface area contributed by atoms with E-state index in [-0.39, 0.29) is 12.5 Å². The monoisotopic (exact) mass is 380 g/mol. The third kappa shape index (κ3) is 2.92. The van der Waals surface area contributed by atoms with E-state index in [2.05, 4.69) is 15.0 Å². The van der Waals surface area contributed by atoms with Crippen LogP contribution in [0.25, 0.3) is 11.3 Å². The molecule has 4 rings (SSSR count). The molecule has 4 heterocycles. The van der Waals surface area contributed by atoms with Gasteiger partial charge in [-0.2, -0.15) is 4.39 Å². The number of rotatable bonds is 4. The number of carbonyl (C=O) groups is 1. The highest BCUT2D eigenvalue weighted by Gasteiger charge is 2.32. The Hall–Kier alpha value is -3.55. The molecule has 142 valence electrons. The Morgan fingerprint density at radius 2 is 1.96 bits per heavy atom. The lowest BCUT2D eigenvalue weighted by atomic mass is 10.0. The minimum Gasteiger partial charge on any atom is -0.491 e. The van der Waals surface area contributed by atoms with Crippen molar-refractivity contribution in [3.63, 3.8) is 0 Å². The van der Waals surface area contributed by atoms with Crippen molar-refractivity contribution in [3.8, 4) is 22.9 Å². The standard InChI is InChI=1S/C20H17FN4O3/c1-11-6-14(12-7-16(27-2)19(28-3)23-9-12)24-15-10-25(20(26)18(11)15)13-4-5-22-17(21)8-13/h4-9H,10H2,1-3H3. The zero-order valence-electron chi connectivity index (χ0n) is 15.6. The van der Waals surface area contributed by atoms with Gasteiger partial charge in [-0.25, -0.2) is 9.97 Å². The minimum atomic E-state index is -0.636. The van der Waals surface area contributed by atoms with E-state index in [1.807, 2.05) is 13.0 Å². The zero-order chi connectivity index (χ0) is 19.8. The second kappa shape index (κ2) is 6.88. The average Bonchev–Trinajstić information content (AvgIpc) is 3.04. The predicted octanol–water partition coefficient (Wildman–Crippen LogP) is 3.16. The number of halogens is 1. The maximum Gasteiger partial charge on any atom is 0.260 e. The fraction of sp³-hybridized carbons (Fsp3) is 0.200. The molecule has 8 heteroatoms. The number of anilines is 1. The molecule has 0 N–H and O–H groups in total. The fourth-order valence-corrected chi connectivity index (χ4v) is 3.29. The van der Waals surface area contributed by atoms with Gasteiger partial charge in [0.2, 0.25) is 5.95 Å². The van der Waals surface area contributed by atoms with Crippen molar-refractivity contribution in [2.24, 2.45) is 0 Å². The highest BCUT2D eigenvalue weighted by atomic mass is 19.1. The summed E-state index contributed by atoms with van der Waals surface area (Å²) in [7, 11) is 3.06. The number of aryl methyl sites for hydroxylation is 1. The second-order valence-corrected chi connectivity index (χ2v) is 6.31. The number of pyridine rings is 3. The molecule has 0 fully saturated rings. The summed E-state index contributed by atoms with van der Waals surface area (Å²) in [5, 5.41) is 0. The molecule has 0 saturated heterocycles. The summed E-state index contributed by atoms with van der Waals surface area (Å²) in [6, 6.07) is 6.45. The van der Waals surface area contributed by atoms with E-state index in [0.29, 0.717) is 34.3 Å². The number of nitrogens with zero attached hydrogens (tertiary/aromatic N) is 4. The zero-order valence-corrected chi connectivity index (χ0v) is 15.6. The van der Waals surface area contributed by atoms with Crippen LogP contribution in [0.3, 0.4) is 0 Å². The van der Waals surface area contributed by atoms with Crippen LogP contribution in [0.15, 0.2) is 36.7 Å². The smallest absolute Gasteiger partial charge is 0.260 e. The minimum absolute atomic E-state index is 0.206. The van der Waals surface area contributed by atoms with E-state index in [9.17, 15) is 9.18 Å². The van der Waals surface area contributed by atoms with Gasteiger partial charge in [-0.3, -0.25) is 9.78 Å². The van der Waals surface area contributed by atoms with Gasteiger partial charge in [-0.1, -0.05) is 0 Å². The molecule has 3 aromatic rings. The van der Waals surface area contributed by atoms with Crippen molar-refractivity contribution in [1.29, 1.82) is 0 Å². The van der Waals surface area contributed by atoms with Gasteiger partial charge in [-0.15, -0.1) is 0 Å². The number of ether oxygens (including phenoxy) is 2. The van der Waals surface area contributed by atoms with Crippen molar-refractivity contribution in [2.75, 3.05) is 19.1 Å². The lowest BCUT2D eigenvalue weighted by Gasteiger charge is -2.14. The third-order valence-electron chi connectivity index (χ3n) is 4.61. The maximum absolute atomic E-state index is 13.5. The Labute approximate surface area is 160 Å². The number of fused-ring (bicyclic) bond motifs is 1. The summed E-state index contributed by atoms with van der Waals surface area (Å²) < 4.78 is 24.0. The molecule has 1 aliphatic rings. The van der Waals surface area contributed by atoms with Crippen LogP contribution in [0.5, 0.6) is 11.6 Å². The van der Waals surface area contributed by atoms with Crippen molar-refractivity contribution in [2.45, 2.75) is 13.5 Å². The molecular weight excluding hydrogens is 363 g/mol. The molecular formula is C20H17FN4O3. The molecule has 7 nitrogen and oxygen atoms in total. The van der Waals surface area contributed by atoms with Crippen molar-refractivity contribution < 1.29 is 18.7 Å². The van der Waals surface area contributed by atoms with Crippen LogP contribution in [0.1, 0.15) is 21.6 Å². The van der Waals surface area contributed by atoms with Crippen LogP contribution in [0.2, 0.25) is 0 Å². The summed E-state index contributed by atoms with van der Waals surface area (Å²) in [4.78, 5) is 26.8. The van der Waals surface area contributed by atoms with Gasteiger partial charge >= 0.3 is 0 Å². The summed E-state index contributed by atoms with van der Waals surface area (Å²) in [5.74, 6) is 0.0285. The third-order valence-corrected chi connectivity index (χ3v) is 4.61. The highest BCUT2D eigenvalue weighted by molar-refractivity contribution is 6.10. The van der Waals surface area contributed by atoms with E-state index >= 15 is 0 Å². The number of aromatic nitrogens is 3. The van der Waals surface area contributed by atoms with Gasteiger partial charge in [0.15, 0.2) is 5.75 Å². The topological polar surface area (TPSA) is 77.4 Å². The van der Waals surface area contributed by atoms with Gasteiger partial charge in [0.25, 0.3) is 11.8 Å². The summed E-state index contributed by atoms with van der Waals surface area (Å²) in [6.45, 7) is 2.11. The molecule has 3 aromatic heterocycles. The Kier molecular flexibility index (Phi) is 4.38. The second-order valence-electron chi connectivity index (χ2n) is 6.31. The summed E-state index contributed by atoms with van der Waals surface area (Å²) in [6.07, 6.45) is 2.98. The van der Waals surface area contributed by atoms with E-state index < -0.39 is 5.95 Å². The maximum atomic E-state index is 13.5. The van der Waals surface area contributed by atoms with Crippen molar-refractivity contribution >= 4 is 11.6 Å². The Morgan fingerprint density at radius 3 is 2.68 bits per heavy atom. The van der Waals surface area contributed by atoms with Crippen LogP contribution in [0.4, 0.5) is 10.1 Å². The molecule has 0 aliphatic carbocycles. The number of hydrogen-bond donors (Lipinski definition) is 0. The van der Waals surface area contributed by atoms with Crippen LogP contribution < -0.4 is 14.4 Å². The van der Waals surface area contributed by atoms with Crippen molar-refractivity contribution in [3.05, 3.63) is 59.4 Å². The van der Waals surface area contributed by atoms with Crippen LogP contribution in [0, 0.1) is 12.9 Å². The first-order valence-corrected chi connectivity index (χ1v) is 8.54. The van der Waals surface area contributed by atoms with E-state index in [4.69, 9.17) is 9.47 Å². The van der Waals surface area contributed by atoms with Crippen LogP contribution in [-0.2, 0) is 6.54 Å². The van der Waals surface area contributed by atoms with Crippen molar-refractivity contribution in [1.82, 2.24) is 15.0 Å². The Morgan fingerprint density at radius 1 is 1.14 bits per heavy atom. The average molecular weight is 380 g/mol. The molecule has 1 amide bonds. The molecule has 0 spiro atoms. The van der Waals surface area contributed by atoms with E-state index in [1.54, 1.807) is 18.3 Å². The lowest BCUT2D eigenvalue weighted by Crippen LogP contribution is -2.23. The molecule has 0 atom stereocenters. The largest absolute Gasteiger partial charge is 0.491 e. The van der Waals surface area contributed by atoms with Crippen LogP contribution in [-0.4, -0.2) is 35.1 Å². The van der Waals surface area contributed by atoms with E-state index in [0.717, 1.165) is 11.1 Å². The quantitative estimate of drug-likeness (QED) is 0.647. The molecule has 0 bridgehead atoms. The molecule has 0 unspecified atom stereocenters. The Bertz CT molecular complexity index is 1090. The van der Waals surface area contributed by atoms with Crippen LogP contribution >= 0.6 is 0 Å². The number of hydrogen-bond acceptors (Lipinski definition) is 6. The molecule has 0 aromatic carbocycles. The van der Waals surface area contributed by atoms with Gasteiger partial charge < -0.3 is 14.4 Å². The van der Waals surface area contributed by atoms with Gasteiger partial charge in [0, 0.05) is 24.0 Å². The normalized spacial score (nSPS) is 12.9. The number of methoxy groups -OCH3 is 2.